The molecule has 0 saturated carbocycles. The second-order valence-electron chi connectivity index (χ2n) is 17.9. The minimum atomic E-state index is -0.421. The van der Waals surface area contributed by atoms with Crippen LogP contribution in [-0.2, 0) is 10.8 Å². The Bertz CT molecular complexity index is 3240. The summed E-state index contributed by atoms with van der Waals surface area (Å²) in [6, 6.07) is 79.2. The predicted octanol–water partition coefficient (Wildman–Crippen LogP) is 15.7. The number of hydrogen-bond acceptors (Lipinski definition) is 1. The molecule has 9 aromatic rings. The van der Waals surface area contributed by atoms with Crippen molar-refractivity contribution in [1.82, 2.24) is 0 Å². The Morgan fingerprint density at radius 2 is 1.06 bits per heavy atom. The fourth-order valence-corrected chi connectivity index (χ4v) is 11.6. The molecule has 1 nitrogen and oxygen atoms in total. The van der Waals surface area contributed by atoms with Gasteiger partial charge in [0.1, 0.15) is 0 Å². The summed E-state index contributed by atoms with van der Waals surface area (Å²) in [5, 5.41) is 2.50. The summed E-state index contributed by atoms with van der Waals surface area (Å²) < 4.78 is 0. The summed E-state index contributed by atoms with van der Waals surface area (Å²) >= 11 is 0. The van der Waals surface area contributed by atoms with Crippen molar-refractivity contribution in [3.05, 3.63) is 269 Å². The summed E-state index contributed by atoms with van der Waals surface area (Å²) in [6.45, 7) is 4.82. The highest BCUT2D eigenvalue weighted by Gasteiger charge is 2.46. The van der Waals surface area contributed by atoms with E-state index >= 15 is 0 Å². The van der Waals surface area contributed by atoms with Gasteiger partial charge in [-0.1, -0.05) is 226 Å². The van der Waals surface area contributed by atoms with Gasteiger partial charge in [-0.15, -0.1) is 0 Å². The first kappa shape index (κ1) is 37.3. The maximum Gasteiger partial charge on any atom is 0.0713 e. The van der Waals surface area contributed by atoms with Crippen LogP contribution in [-0.4, -0.2) is 6.04 Å². The minimum Gasteiger partial charge on any atom is -0.333 e. The molecule has 0 radical (unpaired) electrons. The number of rotatable bonds is 7. The molecule has 0 N–H and O–H groups in total. The smallest absolute Gasteiger partial charge is 0.0713 e. The van der Waals surface area contributed by atoms with Crippen molar-refractivity contribution in [1.29, 1.82) is 0 Å². The van der Waals surface area contributed by atoms with Crippen molar-refractivity contribution < 1.29 is 0 Å². The van der Waals surface area contributed by atoms with Crippen LogP contribution in [0, 0.1) is 0 Å². The number of nitrogens with zero attached hydrogens (tertiary/aromatic N) is 1. The summed E-state index contributed by atoms with van der Waals surface area (Å²) in [6.07, 6.45) is 7.94. The van der Waals surface area contributed by atoms with Crippen LogP contribution in [0.5, 0.6) is 0 Å². The highest BCUT2D eigenvalue weighted by molar-refractivity contribution is 6.05. The first-order valence-corrected chi connectivity index (χ1v) is 22.4. The predicted molar refractivity (Wildman–Crippen MR) is 265 cm³/mol. The summed E-state index contributed by atoms with van der Waals surface area (Å²) in [7, 11) is 0. The average Bonchev–Trinajstić information content (AvgIpc) is 3.78. The van der Waals surface area contributed by atoms with Crippen molar-refractivity contribution in [3.8, 4) is 33.4 Å². The lowest BCUT2D eigenvalue weighted by Gasteiger charge is -2.39. The van der Waals surface area contributed by atoms with Crippen molar-refractivity contribution in [3.63, 3.8) is 0 Å². The van der Waals surface area contributed by atoms with Gasteiger partial charge in [0, 0.05) is 16.7 Å². The van der Waals surface area contributed by atoms with E-state index in [1.54, 1.807) is 0 Å². The summed E-state index contributed by atoms with van der Waals surface area (Å²) in [5.74, 6) is 0. The normalized spacial score (nSPS) is 16.2. The number of allylic oxidation sites excluding steroid dienone is 2. The largest absolute Gasteiger partial charge is 0.333 e. The van der Waals surface area contributed by atoms with Crippen LogP contribution in [0.3, 0.4) is 0 Å². The SMILES string of the molecule is CC1(C)c2ccccc2-c2cccc(N(c3ccc4ccccc4c3-c3ccccc3)C3C=CC=C(c4ccc5c(c4)-c4ccccc4C5(c4ccccc4)c4ccccc4)C3)c21. The van der Waals surface area contributed by atoms with E-state index in [4.69, 9.17) is 0 Å². The molecule has 12 rings (SSSR count). The molecule has 0 amide bonds. The number of anilines is 2. The quantitative estimate of drug-likeness (QED) is 0.155. The topological polar surface area (TPSA) is 3.24 Å². The van der Waals surface area contributed by atoms with Crippen LogP contribution in [0.4, 0.5) is 11.4 Å². The van der Waals surface area contributed by atoms with Crippen LogP contribution in [0.2, 0.25) is 0 Å². The van der Waals surface area contributed by atoms with Crippen molar-refractivity contribution >= 4 is 27.7 Å². The molecule has 0 bridgehead atoms. The molecule has 0 fully saturated rings. The van der Waals surface area contributed by atoms with Crippen molar-refractivity contribution in [2.75, 3.05) is 4.90 Å². The fraction of sp³-hybridized carbons (Fsp3) is 0.0968. The van der Waals surface area contributed by atoms with E-state index in [1.807, 2.05) is 0 Å². The first-order valence-electron chi connectivity index (χ1n) is 22.4. The van der Waals surface area contributed by atoms with E-state index in [-0.39, 0.29) is 11.5 Å². The Morgan fingerprint density at radius 1 is 0.460 bits per heavy atom. The standard InChI is InChI=1S/C62H47N/c1-61(2)54-33-16-14-30-50(54)52-32-19-35-58(60(52)61)63(57-39-37-42-20-12-13-29-49(42)59(57)43-21-6-3-7-22-43)48-28-18-23-44(40-48)45-36-38-56-53(41-45)51-31-15-17-34-55(51)62(56,46-24-8-4-9-25-46)47-26-10-5-11-27-47/h3-39,41,48H,40H2,1-2H3. The highest BCUT2D eigenvalue weighted by Crippen LogP contribution is 2.58. The van der Waals surface area contributed by atoms with Gasteiger partial charge in [0.2, 0.25) is 0 Å². The number of hydrogen-bond donors (Lipinski definition) is 0. The molecular formula is C62H47N. The van der Waals surface area contributed by atoms with Crippen LogP contribution in [0.15, 0.2) is 231 Å². The monoisotopic (exact) mass is 805 g/mol. The van der Waals surface area contributed by atoms with E-state index in [0.717, 1.165) is 6.42 Å². The third-order valence-electron chi connectivity index (χ3n) is 14.3. The molecular weight excluding hydrogens is 759 g/mol. The van der Waals surface area contributed by atoms with Crippen LogP contribution in [0.1, 0.15) is 59.2 Å². The molecule has 0 spiro atoms. The lowest BCUT2D eigenvalue weighted by molar-refractivity contribution is 0.654. The van der Waals surface area contributed by atoms with Crippen LogP contribution < -0.4 is 4.90 Å². The van der Waals surface area contributed by atoms with Crippen molar-refractivity contribution in [2.45, 2.75) is 37.1 Å². The highest BCUT2D eigenvalue weighted by atomic mass is 15.2. The van der Waals surface area contributed by atoms with E-state index in [9.17, 15) is 0 Å². The summed E-state index contributed by atoms with van der Waals surface area (Å²) in [5.41, 5.74) is 20.2. The molecule has 0 aromatic heterocycles. The van der Waals surface area contributed by atoms with Gasteiger partial charge in [-0.3, -0.25) is 0 Å². The van der Waals surface area contributed by atoms with Gasteiger partial charge < -0.3 is 4.90 Å². The van der Waals surface area contributed by atoms with Gasteiger partial charge >= 0.3 is 0 Å². The maximum atomic E-state index is 2.68. The Hall–Kier alpha value is -7.48. The molecule has 300 valence electrons. The second kappa shape index (κ2) is 14.6. The Balaban J connectivity index is 1.04. The third kappa shape index (κ3) is 5.62. The molecule has 3 aliphatic rings. The first-order chi connectivity index (χ1) is 31.0. The van der Waals surface area contributed by atoms with E-state index in [2.05, 4.69) is 249 Å². The zero-order valence-electron chi connectivity index (χ0n) is 35.7. The van der Waals surface area contributed by atoms with Gasteiger partial charge in [0.25, 0.3) is 0 Å². The Morgan fingerprint density at radius 3 is 1.81 bits per heavy atom. The molecule has 63 heavy (non-hydrogen) atoms. The molecule has 1 atom stereocenters. The van der Waals surface area contributed by atoms with E-state index in [0.29, 0.717) is 0 Å². The maximum absolute atomic E-state index is 2.68. The zero-order valence-corrected chi connectivity index (χ0v) is 35.7. The third-order valence-corrected chi connectivity index (χ3v) is 14.3. The van der Waals surface area contributed by atoms with Gasteiger partial charge in [-0.25, -0.2) is 0 Å². The second-order valence-corrected chi connectivity index (χ2v) is 17.9. The van der Waals surface area contributed by atoms with Gasteiger partial charge in [0.05, 0.1) is 17.1 Å². The molecule has 0 heterocycles. The van der Waals surface area contributed by atoms with Gasteiger partial charge in [0.15, 0.2) is 0 Å². The Labute approximate surface area is 371 Å². The lowest BCUT2D eigenvalue weighted by Crippen LogP contribution is -2.33. The molecule has 0 saturated heterocycles. The number of benzene rings is 9. The summed E-state index contributed by atoms with van der Waals surface area (Å²) in [4.78, 5) is 2.68. The molecule has 1 unspecified atom stereocenters. The zero-order chi connectivity index (χ0) is 42.1. The number of fused-ring (bicyclic) bond motifs is 7. The molecule has 3 aliphatic carbocycles. The Kier molecular flexibility index (Phi) is 8.63. The van der Waals surface area contributed by atoms with E-state index < -0.39 is 5.41 Å². The molecule has 1 heteroatoms. The van der Waals surface area contributed by atoms with Gasteiger partial charge in [-0.05, 0) is 108 Å². The van der Waals surface area contributed by atoms with E-state index in [1.165, 1.54) is 100 Å². The molecule has 9 aromatic carbocycles. The average molecular weight is 806 g/mol. The fourth-order valence-electron chi connectivity index (χ4n) is 11.6. The van der Waals surface area contributed by atoms with Crippen LogP contribution >= 0.6 is 0 Å². The lowest BCUT2D eigenvalue weighted by atomic mass is 9.67. The van der Waals surface area contributed by atoms with Crippen molar-refractivity contribution in [2.24, 2.45) is 0 Å². The van der Waals surface area contributed by atoms with Gasteiger partial charge in [-0.2, -0.15) is 0 Å². The van der Waals surface area contributed by atoms with Crippen LogP contribution in [0.25, 0.3) is 49.7 Å². The minimum absolute atomic E-state index is 0.0351. The molecule has 0 aliphatic heterocycles.